The number of carbonyl (C=O) groups is 1. The molecule has 0 bridgehead atoms. The topological polar surface area (TPSA) is 61.4 Å². The van der Waals surface area contributed by atoms with Crippen molar-refractivity contribution in [1.82, 2.24) is 20.4 Å². The van der Waals surface area contributed by atoms with E-state index < -0.39 is 0 Å². The van der Waals surface area contributed by atoms with E-state index in [1.54, 1.807) is 6.20 Å². The first-order valence-electron chi connectivity index (χ1n) is 9.59. The van der Waals surface area contributed by atoms with Crippen molar-refractivity contribution in [2.45, 2.75) is 51.6 Å². The van der Waals surface area contributed by atoms with Crippen LogP contribution >= 0.6 is 0 Å². The maximum absolute atomic E-state index is 12.9. The monoisotopic (exact) mass is 355 g/mol. The van der Waals surface area contributed by atoms with Gasteiger partial charge in [-0.25, -0.2) is 4.79 Å². The number of hydrogen-bond donors (Lipinski definition) is 1. The Hall–Kier alpha value is -2.37. The lowest BCUT2D eigenvalue weighted by Gasteiger charge is -2.40. The summed E-state index contributed by atoms with van der Waals surface area (Å²) in [6, 6.07) is 4.58. The summed E-state index contributed by atoms with van der Waals surface area (Å²) in [5.74, 6) is 0.901. The van der Waals surface area contributed by atoms with Gasteiger partial charge in [0.25, 0.3) is 0 Å². The Morgan fingerprint density at radius 2 is 2.19 bits per heavy atom. The highest BCUT2D eigenvalue weighted by Crippen LogP contribution is 2.32. The van der Waals surface area contributed by atoms with E-state index in [4.69, 9.17) is 0 Å². The van der Waals surface area contributed by atoms with Crippen LogP contribution in [0.3, 0.4) is 0 Å². The number of nitrogens with zero attached hydrogens (tertiary/aromatic N) is 4. The van der Waals surface area contributed by atoms with Crippen LogP contribution in [-0.4, -0.2) is 52.8 Å². The molecule has 2 fully saturated rings. The molecular formula is C20H29N5O. The van der Waals surface area contributed by atoms with Crippen LogP contribution in [0.4, 0.5) is 10.6 Å². The minimum Gasteiger partial charge on any atom is -0.353 e. The van der Waals surface area contributed by atoms with Crippen molar-refractivity contribution in [3.63, 3.8) is 0 Å². The van der Waals surface area contributed by atoms with Crippen LogP contribution in [0.15, 0.2) is 42.1 Å². The minimum absolute atomic E-state index is 0.0577. The second kappa shape index (κ2) is 8.83. The summed E-state index contributed by atoms with van der Waals surface area (Å²) in [6.45, 7) is 6.36. The van der Waals surface area contributed by atoms with Crippen LogP contribution in [0.25, 0.3) is 0 Å². The summed E-state index contributed by atoms with van der Waals surface area (Å²) in [5, 5.41) is 11.3. The van der Waals surface area contributed by atoms with Gasteiger partial charge in [0.15, 0.2) is 5.82 Å². The molecule has 2 aliphatic rings. The molecule has 6 nitrogen and oxygen atoms in total. The highest BCUT2D eigenvalue weighted by molar-refractivity contribution is 5.76. The van der Waals surface area contributed by atoms with Gasteiger partial charge in [-0.05, 0) is 57.2 Å². The lowest BCUT2D eigenvalue weighted by Crippen LogP contribution is -2.54. The number of anilines is 1. The third-order valence-corrected chi connectivity index (χ3v) is 5.04. The Morgan fingerprint density at radius 1 is 1.35 bits per heavy atom. The Balaban J connectivity index is 1.64. The van der Waals surface area contributed by atoms with Gasteiger partial charge in [-0.15, -0.1) is 5.10 Å². The molecule has 3 rings (SSSR count). The normalized spacial score (nSPS) is 21.1. The standard InChI is InChI=1S/C20H29N5O/c1-3-7-16(4-2)14-21-20(26)25(17-10-11-17)18-8-6-13-24(15-18)19-9-5-12-22-23-19/h3-5,7,9,12,17-18H,6,8,10-11,13-15H2,1-2H3,(H,21,26)/b7-3-,16-4+/t18-/m1/s1. The van der Waals surface area contributed by atoms with E-state index in [1.807, 2.05) is 44.2 Å². The molecule has 1 saturated heterocycles. The second-order valence-electron chi connectivity index (χ2n) is 6.98. The molecule has 1 aliphatic heterocycles. The summed E-state index contributed by atoms with van der Waals surface area (Å²) >= 11 is 0. The fourth-order valence-electron chi connectivity index (χ4n) is 3.57. The number of piperidine rings is 1. The van der Waals surface area contributed by atoms with Gasteiger partial charge in [0.1, 0.15) is 0 Å². The van der Waals surface area contributed by atoms with Gasteiger partial charge in [-0.1, -0.05) is 18.2 Å². The maximum atomic E-state index is 12.9. The Bertz CT molecular complexity index is 653. The molecule has 6 heteroatoms. The van der Waals surface area contributed by atoms with Gasteiger partial charge in [-0.3, -0.25) is 0 Å². The third-order valence-electron chi connectivity index (χ3n) is 5.04. The zero-order chi connectivity index (χ0) is 18.4. The highest BCUT2D eigenvalue weighted by Gasteiger charge is 2.39. The molecule has 1 saturated carbocycles. The lowest BCUT2D eigenvalue weighted by atomic mass is 10.0. The number of rotatable bonds is 6. The first kappa shape index (κ1) is 18.4. The van der Waals surface area contributed by atoms with E-state index in [0.717, 1.165) is 50.2 Å². The van der Waals surface area contributed by atoms with E-state index in [1.165, 1.54) is 0 Å². The third kappa shape index (κ3) is 4.62. The minimum atomic E-state index is 0.0577. The molecule has 0 radical (unpaired) electrons. The molecule has 140 valence electrons. The molecule has 0 spiro atoms. The Kier molecular flexibility index (Phi) is 6.26. The van der Waals surface area contributed by atoms with Crippen molar-refractivity contribution < 1.29 is 4.79 Å². The summed E-state index contributed by atoms with van der Waals surface area (Å²) < 4.78 is 0. The van der Waals surface area contributed by atoms with E-state index in [2.05, 4.69) is 25.3 Å². The van der Waals surface area contributed by atoms with E-state index in [9.17, 15) is 4.79 Å². The van der Waals surface area contributed by atoms with Gasteiger partial charge in [0.05, 0.1) is 6.04 Å². The zero-order valence-corrected chi connectivity index (χ0v) is 15.8. The van der Waals surface area contributed by atoms with Gasteiger partial charge >= 0.3 is 6.03 Å². The fourth-order valence-corrected chi connectivity index (χ4v) is 3.57. The second-order valence-corrected chi connectivity index (χ2v) is 6.98. The lowest BCUT2D eigenvalue weighted by molar-refractivity contribution is 0.161. The molecule has 26 heavy (non-hydrogen) atoms. The average Bonchev–Trinajstić information content (AvgIpc) is 3.51. The molecule has 2 heterocycles. The summed E-state index contributed by atoms with van der Waals surface area (Å²) in [6.07, 6.45) is 12.1. The predicted octanol–water partition coefficient (Wildman–Crippen LogP) is 3.14. The molecule has 1 aliphatic carbocycles. The van der Waals surface area contributed by atoms with E-state index in [-0.39, 0.29) is 12.1 Å². The summed E-state index contributed by atoms with van der Waals surface area (Å²) in [4.78, 5) is 17.2. The quantitative estimate of drug-likeness (QED) is 0.797. The molecule has 2 amide bonds. The zero-order valence-electron chi connectivity index (χ0n) is 15.8. The number of urea groups is 1. The van der Waals surface area contributed by atoms with Crippen molar-refractivity contribution >= 4 is 11.8 Å². The number of amides is 2. The molecule has 1 N–H and O–H groups in total. The SMILES string of the molecule is C/C=C\C(=C/C)CNC(=O)N(C1CC1)[C@@H]1CCCN(c2cccnn2)C1. The van der Waals surface area contributed by atoms with Gasteiger partial charge in [0, 0.05) is 31.9 Å². The number of nitrogens with one attached hydrogen (secondary N) is 1. The highest BCUT2D eigenvalue weighted by atomic mass is 16.2. The number of carbonyl (C=O) groups excluding carboxylic acids is 1. The first-order chi connectivity index (χ1) is 12.7. The van der Waals surface area contributed by atoms with Gasteiger partial charge in [0.2, 0.25) is 0 Å². The largest absolute Gasteiger partial charge is 0.353 e. The van der Waals surface area contributed by atoms with Crippen LogP contribution in [0.5, 0.6) is 0 Å². The van der Waals surface area contributed by atoms with Gasteiger partial charge < -0.3 is 15.1 Å². The van der Waals surface area contributed by atoms with Crippen molar-refractivity contribution in [3.8, 4) is 0 Å². The summed E-state index contributed by atoms with van der Waals surface area (Å²) in [5.41, 5.74) is 1.13. The van der Waals surface area contributed by atoms with E-state index in [0.29, 0.717) is 12.6 Å². The Morgan fingerprint density at radius 3 is 2.85 bits per heavy atom. The van der Waals surface area contributed by atoms with Crippen LogP contribution in [0.2, 0.25) is 0 Å². The van der Waals surface area contributed by atoms with Crippen molar-refractivity contribution in [1.29, 1.82) is 0 Å². The fraction of sp³-hybridized carbons (Fsp3) is 0.550. The van der Waals surface area contributed by atoms with Crippen LogP contribution in [0, 0.1) is 0 Å². The number of hydrogen-bond acceptors (Lipinski definition) is 4. The van der Waals surface area contributed by atoms with Gasteiger partial charge in [-0.2, -0.15) is 5.10 Å². The molecular weight excluding hydrogens is 326 g/mol. The molecule has 0 unspecified atom stereocenters. The van der Waals surface area contributed by atoms with Crippen molar-refractivity contribution in [2.75, 3.05) is 24.5 Å². The average molecular weight is 355 g/mol. The number of allylic oxidation sites excluding steroid dienone is 2. The van der Waals surface area contributed by atoms with Crippen LogP contribution in [0.1, 0.15) is 39.5 Å². The number of aromatic nitrogens is 2. The van der Waals surface area contributed by atoms with Crippen molar-refractivity contribution in [3.05, 3.63) is 42.1 Å². The van der Waals surface area contributed by atoms with Crippen LogP contribution in [-0.2, 0) is 0 Å². The smallest absolute Gasteiger partial charge is 0.318 e. The first-order valence-corrected chi connectivity index (χ1v) is 9.59. The molecule has 1 aromatic heterocycles. The Labute approximate surface area is 156 Å². The van der Waals surface area contributed by atoms with Crippen LogP contribution < -0.4 is 10.2 Å². The molecule has 1 atom stereocenters. The van der Waals surface area contributed by atoms with E-state index >= 15 is 0 Å². The maximum Gasteiger partial charge on any atom is 0.318 e. The predicted molar refractivity (Wildman–Crippen MR) is 104 cm³/mol. The summed E-state index contributed by atoms with van der Waals surface area (Å²) in [7, 11) is 0. The van der Waals surface area contributed by atoms with Crippen molar-refractivity contribution in [2.24, 2.45) is 0 Å². The molecule has 0 aromatic carbocycles. The molecule has 1 aromatic rings.